The number of sulfonamides is 1. The van der Waals surface area contributed by atoms with Crippen LogP contribution in [0.15, 0.2) is 35.2 Å². The van der Waals surface area contributed by atoms with Crippen LogP contribution < -0.4 is 19.5 Å². The van der Waals surface area contributed by atoms with E-state index in [1.165, 1.54) is 30.9 Å². The summed E-state index contributed by atoms with van der Waals surface area (Å²) < 4.78 is 43.9. The van der Waals surface area contributed by atoms with Crippen LogP contribution in [0, 0.1) is 6.92 Å². The zero-order valence-electron chi connectivity index (χ0n) is 17.0. The number of carbonyl (C=O) groups excluding carboxylic acids is 2. The van der Waals surface area contributed by atoms with Gasteiger partial charge < -0.3 is 18.8 Å². The fraction of sp³-hybridized carbons (Fsp3) is 0.222. The maximum atomic E-state index is 13.1. The van der Waals surface area contributed by atoms with Crippen molar-refractivity contribution >= 4 is 39.1 Å². The molecule has 0 aliphatic heterocycles. The summed E-state index contributed by atoms with van der Waals surface area (Å²) in [6, 6.07) is 6.85. The first-order valence-corrected chi connectivity index (χ1v) is 10.2. The highest BCUT2D eigenvalue weighted by molar-refractivity contribution is 7.90. The summed E-state index contributed by atoms with van der Waals surface area (Å²) in [6.45, 7) is 1.65. The molecule has 0 saturated heterocycles. The molecule has 2 aromatic heterocycles. The van der Waals surface area contributed by atoms with Gasteiger partial charge in [-0.15, -0.1) is 0 Å². The first-order chi connectivity index (χ1) is 14.7. The Kier molecular flexibility index (Phi) is 5.97. The van der Waals surface area contributed by atoms with E-state index in [0.29, 0.717) is 11.2 Å². The van der Waals surface area contributed by atoms with Crippen LogP contribution in [0.2, 0.25) is 0 Å². The van der Waals surface area contributed by atoms with Crippen molar-refractivity contribution < 1.29 is 32.2 Å². The Hall–Kier alpha value is -3.87. The van der Waals surface area contributed by atoms with E-state index in [1.54, 1.807) is 25.1 Å². The van der Waals surface area contributed by atoms with Gasteiger partial charge in [-0.3, -0.25) is 5.32 Å². The summed E-state index contributed by atoms with van der Waals surface area (Å²) in [6.07, 6.45) is -1.12. The second kappa shape index (κ2) is 8.47. The van der Waals surface area contributed by atoms with E-state index in [2.05, 4.69) is 20.0 Å². The molecule has 12 nitrogen and oxygen atoms in total. The summed E-state index contributed by atoms with van der Waals surface area (Å²) >= 11 is 0. The molecule has 2 amide bonds. The van der Waals surface area contributed by atoms with E-state index in [-0.39, 0.29) is 23.1 Å². The number of ether oxygens (including phenoxy) is 3. The molecule has 3 rings (SSSR count). The topological polar surface area (TPSA) is 151 Å². The van der Waals surface area contributed by atoms with Crippen molar-refractivity contribution in [1.82, 2.24) is 19.3 Å². The van der Waals surface area contributed by atoms with Crippen LogP contribution in [0.5, 0.6) is 11.8 Å². The number of hydrogen-bond acceptors (Lipinski definition) is 9. The number of rotatable bonds is 5. The largest absolute Gasteiger partial charge is 0.514 e. The first kappa shape index (κ1) is 21.8. The Bertz CT molecular complexity index is 1270. The van der Waals surface area contributed by atoms with Crippen LogP contribution in [0.25, 0.3) is 10.9 Å². The molecule has 2 heterocycles. The molecule has 1 aromatic carbocycles. The maximum absolute atomic E-state index is 13.1. The number of amides is 2. The van der Waals surface area contributed by atoms with Gasteiger partial charge in [0.05, 0.1) is 19.7 Å². The number of aromatic nitrogens is 3. The van der Waals surface area contributed by atoms with Gasteiger partial charge in [0, 0.05) is 24.2 Å². The normalized spacial score (nSPS) is 11.1. The van der Waals surface area contributed by atoms with Crippen molar-refractivity contribution in [2.24, 2.45) is 7.05 Å². The molecule has 31 heavy (non-hydrogen) atoms. The predicted octanol–water partition coefficient (Wildman–Crippen LogP) is 1.94. The molecule has 0 spiro atoms. The van der Waals surface area contributed by atoms with E-state index in [4.69, 9.17) is 9.47 Å². The van der Waals surface area contributed by atoms with Gasteiger partial charge in [-0.25, -0.2) is 27.7 Å². The molecule has 0 aliphatic carbocycles. The van der Waals surface area contributed by atoms with E-state index < -0.39 is 27.1 Å². The molecule has 0 radical (unpaired) electrons. The van der Waals surface area contributed by atoms with Gasteiger partial charge in [-0.05, 0) is 13.0 Å². The highest BCUT2D eigenvalue weighted by atomic mass is 32.2. The van der Waals surface area contributed by atoms with Crippen LogP contribution in [-0.4, -0.2) is 49.4 Å². The number of hydrogen-bond donors (Lipinski definition) is 2. The summed E-state index contributed by atoms with van der Waals surface area (Å²) in [5.74, 6) is -0.288. The Morgan fingerprint density at radius 3 is 2.52 bits per heavy atom. The van der Waals surface area contributed by atoms with Gasteiger partial charge >= 0.3 is 12.2 Å². The number of carbonyl (C=O) groups is 2. The molecule has 3 aromatic rings. The molecule has 164 valence electrons. The third-order valence-corrected chi connectivity index (χ3v) is 5.50. The number of methoxy groups -OCH3 is 2. The van der Waals surface area contributed by atoms with Crippen molar-refractivity contribution in [2.45, 2.75) is 11.8 Å². The molecule has 0 saturated carbocycles. The van der Waals surface area contributed by atoms with Crippen molar-refractivity contribution in [3.8, 4) is 11.8 Å². The molecular weight excluding hydrogens is 430 g/mol. The van der Waals surface area contributed by atoms with Crippen molar-refractivity contribution in [3.63, 3.8) is 0 Å². The Balaban J connectivity index is 1.98. The third kappa shape index (κ3) is 4.50. The van der Waals surface area contributed by atoms with Crippen LogP contribution in [0.1, 0.15) is 5.69 Å². The summed E-state index contributed by atoms with van der Waals surface area (Å²) in [7, 11) is -0.519. The summed E-state index contributed by atoms with van der Waals surface area (Å²) in [4.78, 5) is 31.6. The number of nitrogens with one attached hydrogen (secondary N) is 2. The number of anilines is 1. The standard InChI is InChI=1S/C18H19N5O7S/c1-10-9-13(28-3)20-16(19-10)21-17(24)22-31(26,27)14-11-7-5-6-8-12(11)23(2)15(14)30-18(25)29-4/h5-9H,1-4H3,(H2,19,20,21,22,24). The van der Waals surface area contributed by atoms with Gasteiger partial charge in [0.2, 0.25) is 17.7 Å². The zero-order chi connectivity index (χ0) is 22.8. The van der Waals surface area contributed by atoms with E-state index in [1.807, 2.05) is 4.72 Å². The minimum atomic E-state index is -4.50. The molecule has 0 fully saturated rings. The minimum absolute atomic E-state index is 0.159. The number of benzene rings is 1. The number of urea groups is 1. The van der Waals surface area contributed by atoms with Crippen LogP contribution in [-0.2, 0) is 21.8 Å². The Morgan fingerprint density at radius 1 is 1.13 bits per heavy atom. The lowest BCUT2D eigenvalue weighted by Gasteiger charge is -2.10. The molecule has 13 heteroatoms. The van der Waals surface area contributed by atoms with Gasteiger partial charge in [0.15, 0.2) is 4.90 Å². The molecule has 0 aliphatic rings. The molecular formula is C18H19N5O7S. The monoisotopic (exact) mass is 449 g/mol. The minimum Gasteiger partial charge on any atom is -0.481 e. The van der Waals surface area contributed by atoms with Crippen LogP contribution in [0.3, 0.4) is 0 Å². The lowest BCUT2D eigenvalue weighted by Crippen LogP contribution is -2.35. The first-order valence-electron chi connectivity index (χ1n) is 8.73. The lowest BCUT2D eigenvalue weighted by molar-refractivity contribution is 0.117. The van der Waals surface area contributed by atoms with Crippen LogP contribution in [0.4, 0.5) is 15.5 Å². The predicted molar refractivity (Wildman–Crippen MR) is 109 cm³/mol. The quantitative estimate of drug-likeness (QED) is 0.557. The van der Waals surface area contributed by atoms with E-state index in [9.17, 15) is 18.0 Å². The molecule has 0 bridgehead atoms. The highest BCUT2D eigenvalue weighted by Gasteiger charge is 2.31. The van der Waals surface area contributed by atoms with Gasteiger partial charge in [0.1, 0.15) is 0 Å². The van der Waals surface area contributed by atoms with Gasteiger partial charge in [0.25, 0.3) is 10.0 Å². The fourth-order valence-electron chi connectivity index (χ4n) is 2.83. The van der Waals surface area contributed by atoms with Crippen molar-refractivity contribution in [2.75, 3.05) is 19.5 Å². The molecule has 0 unspecified atom stereocenters. The fourth-order valence-corrected chi connectivity index (χ4v) is 4.10. The summed E-state index contributed by atoms with van der Waals surface area (Å²) in [5.41, 5.74) is 0.946. The second-order valence-electron chi connectivity index (χ2n) is 6.20. The van der Waals surface area contributed by atoms with Gasteiger partial charge in [-0.2, -0.15) is 4.98 Å². The molecule has 2 N–H and O–H groups in total. The Labute approximate surface area is 177 Å². The molecule has 0 atom stereocenters. The third-order valence-electron chi connectivity index (χ3n) is 4.12. The lowest BCUT2D eigenvalue weighted by atomic mass is 10.2. The SMILES string of the molecule is COC(=O)Oc1c(S(=O)(=O)NC(=O)Nc2nc(C)cc(OC)n2)c2ccccc2n1C. The average Bonchev–Trinajstić information content (AvgIpc) is 2.99. The smallest absolute Gasteiger partial charge is 0.481 e. The van der Waals surface area contributed by atoms with Crippen molar-refractivity contribution in [1.29, 1.82) is 0 Å². The maximum Gasteiger partial charge on any atom is 0.514 e. The summed E-state index contributed by atoms with van der Waals surface area (Å²) in [5, 5.41) is 2.47. The highest BCUT2D eigenvalue weighted by Crippen LogP contribution is 2.35. The average molecular weight is 449 g/mol. The zero-order valence-corrected chi connectivity index (χ0v) is 17.8. The van der Waals surface area contributed by atoms with Crippen molar-refractivity contribution in [3.05, 3.63) is 36.0 Å². The Morgan fingerprint density at radius 2 is 1.84 bits per heavy atom. The number of nitrogens with zero attached hydrogens (tertiary/aromatic N) is 3. The van der Waals surface area contributed by atoms with E-state index >= 15 is 0 Å². The van der Waals surface area contributed by atoms with Gasteiger partial charge in [-0.1, -0.05) is 18.2 Å². The number of aryl methyl sites for hydroxylation is 2. The number of para-hydroxylation sites is 1. The second-order valence-corrected chi connectivity index (χ2v) is 7.82. The number of fused-ring (bicyclic) bond motifs is 1. The van der Waals surface area contributed by atoms with Crippen LogP contribution >= 0.6 is 0 Å². The van der Waals surface area contributed by atoms with E-state index in [0.717, 1.165) is 7.11 Å².